The van der Waals surface area contributed by atoms with Crippen LogP contribution in [0.15, 0.2) is 0 Å². The monoisotopic (exact) mass is 211 g/mol. The van der Waals surface area contributed by atoms with Crippen LogP contribution in [0.25, 0.3) is 0 Å². The number of amides is 1. The standard InChI is InChI=1S/C12H22N2O/c1-10(15)14-8-4-12(5-9-14)11-2-6-13-7-3-11/h11-13H,2-9H2,1H3/p+1. The molecule has 15 heavy (non-hydrogen) atoms. The molecule has 0 aromatic carbocycles. The summed E-state index contributed by atoms with van der Waals surface area (Å²) in [6.07, 6.45) is 5.27. The average Bonchev–Trinajstić information content (AvgIpc) is 2.30. The zero-order valence-electron chi connectivity index (χ0n) is 9.74. The molecule has 0 bridgehead atoms. The normalized spacial score (nSPS) is 25.5. The summed E-state index contributed by atoms with van der Waals surface area (Å²) in [6, 6.07) is 0. The SMILES string of the molecule is CC(=O)N1CCC(C2CC[NH2+]CC2)CC1. The molecule has 0 spiro atoms. The molecule has 2 saturated heterocycles. The van der Waals surface area contributed by atoms with E-state index in [1.807, 2.05) is 4.90 Å². The number of carbonyl (C=O) groups is 1. The summed E-state index contributed by atoms with van der Waals surface area (Å²) in [5.74, 6) is 2.10. The molecule has 2 fully saturated rings. The van der Waals surface area contributed by atoms with Crippen molar-refractivity contribution in [2.24, 2.45) is 11.8 Å². The average molecular weight is 211 g/mol. The number of hydrogen-bond acceptors (Lipinski definition) is 1. The van der Waals surface area contributed by atoms with Gasteiger partial charge in [-0.3, -0.25) is 4.79 Å². The van der Waals surface area contributed by atoms with Crippen molar-refractivity contribution >= 4 is 5.91 Å². The van der Waals surface area contributed by atoms with E-state index in [0.29, 0.717) is 0 Å². The van der Waals surface area contributed by atoms with Gasteiger partial charge in [0, 0.05) is 20.0 Å². The molecular weight excluding hydrogens is 188 g/mol. The molecule has 0 aliphatic carbocycles. The summed E-state index contributed by atoms with van der Waals surface area (Å²) >= 11 is 0. The van der Waals surface area contributed by atoms with Crippen LogP contribution in [0.5, 0.6) is 0 Å². The van der Waals surface area contributed by atoms with E-state index in [2.05, 4.69) is 5.32 Å². The maximum atomic E-state index is 11.2. The summed E-state index contributed by atoms with van der Waals surface area (Å²) in [7, 11) is 0. The topological polar surface area (TPSA) is 36.9 Å². The van der Waals surface area contributed by atoms with Gasteiger partial charge in [-0.2, -0.15) is 0 Å². The highest BCUT2D eigenvalue weighted by Gasteiger charge is 2.29. The van der Waals surface area contributed by atoms with Gasteiger partial charge in [-0.05, 0) is 37.5 Å². The van der Waals surface area contributed by atoms with Crippen molar-refractivity contribution in [3.8, 4) is 0 Å². The lowest BCUT2D eigenvalue weighted by Crippen LogP contribution is -2.86. The van der Waals surface area contributed by atoms with E-state index in [4.69, 9.17) is 0 Å². The highest BCUT2D eigenvalue weighted by Crippen LogP contribution is 2.29. The number of likely N-dealkylation sites (tertiary alicyclic amines) is 1. The molecule has 0 aromatic heterocycles. The summed E-state index contributed by atoms with van der Waals surface area (Å²) in [6.45, 7) is 6.32. The molecule has 2 N–H and O–H groups in total. The molecule has 2 aliphatic heterocycles. The first-order valence-corrected chi connectivity index (χ1v) is 6.34. The van der Waals surface area contributed by atoms with Crippen LogP contribution >= 0.6 is 0 Å². The minimum atomic E-state index is 0.255. The minimum absolute atomic E-state index is 0.255. The zero-order valence-corrected chi connectivity index (χ0v) is 9.74. The molecule has 2 aliphatic rings. The third-order valence-electron chi connectivity index (χ3n) is 4.13. The van der Waals surface area contributed by atoms with Crippen molar-refractivity contribution in [3.63, 3.8) is 0 Å². The fourth-order valence-electron chi connectivity index (χ4n) is 3.11. The summed E-state index contributed by atoms with van der Waals surface area (Å²) in [5.41, 5.74) is 0. The van der Waals surface area contributed by atoms with Crippen LogP contribution in [0.4, 0.5) is 0 Å². The van der Waals surface area contributed by atoms with Crippen molar-refractivity contribution in [2.45, 2.75) is 32.6 Å². The van der Waals surface area contributed by atoms with Crippen molar-refractivity contribution in [1.82, 2.24) is 4.90 Å². The van der Waals surface area contributed by atoms with Crippen molar-refractivity contribution in [3.05, 3.63) is 0 Å². The van der Waals surface area contributed by atoms with Crippen molar-refractivity contribution in [1.29, 1.82) is 0 Å². The maximum Gasteiger partial charge on any atom is 0.219 e. The maximum absolute atomic E-state index is 11.2. The molecule has 0 saturated carbocycles. The number of carbonyl (C=O) groups excluding carboxylic acids is 1. The van der Waals surface area contributed by atoms with Gasteiger partial charge in [0.05, 0.1) is 13.1 Å². The lowest BCUT2D eigenvalue weighted by molar-refractivity contribution is -0.665. The number of piperidine rings is 2. The lowest BCUT2D eigenvalue weighted by atomic mass is 9.79. The Morgan fingerprint density at radius 2 is 1.60 bits per heavy atom. The summed E-state index contributed by atoms with van der Waals surface area (Å²) in [5, 5.41) is 2.43. The molecule has 2 heterocycles. The number of nitrogens with two attached hydrogens (primary N) is 1. The third-order valence-corrected chi connectivity index (χ3v) is 4.13. The molecule has 0 atom stereocenters. The van der Waals surface area contributed by atoms with Gasteiger partial charge in [0.2, 0.25) is 5.91 Å². The Morgan fingerprint density at radius 1 is 1.07 bits per heavy atom. The van der Waals surface area contributed by atoms with Crippen LogP contribution in [-0.2, 0) is 4.79 Å². The number of quaternary nitrogens is 1. The van der Waals surface area contributed by atoms with Gasteiger partial charge in [-0.1, -0.05) is 0 Å². The highest BCUT2D eigenvalue weighted by atomic mass is 16.2. The smallest absolute Gasteiger partial charge is 0.219 e. The molecule has 0 unspecified atom stereocenters. The Balaban J connectivity index is 1.79. The zero-order chi connectivity index (χ0) is 10.7. The van der Waals surface area contributed by atoms with Crippen molar-refractivity contribution < 1.29 is 10.1 Å². The Bertz CT molecular complexity index is 216. The predicted molar refractivity (Wildman–Crippen MR) is 59.4 cm³/mol. The van der Waals surface area contributed by atoms with E-state index >= 15 is 0 Å². The third kappa shape index (κ3) is 2.71. The van der Waals surface area contributed by atoms with Crippen LogP contribution < -0.4 is 5.32 Å². The van der Waals surface area contributed by atoms with Crippen LogP contribution in [-0.4, -0.2) is 37.0 Å². The Labute approximate surface area is 92.2 Å². The van der Waals surface area contributed by atoms with E-state index in [9.17, 15) is 4.79 Å². The number of nitrogens with zero attached hydrogens (tertiary/aromatic N) is 1. The van der Waals surface area contributed by atoms with Crippen molar-refractivity contribution in [2.75, 3.05) is 26.2 Å². The van der Waals surface area contributed by atoms with Crippen LogP contribution in [0, 0.1) is 11.8 Å². The fraction of sp³-hybridized carbons (Fsp3) is 0.917. The van der Waals surface area contributed by atoms with Gasteiger partial charge in [-0.25, -0.2) is 0 Å². The Hall–Kier alpha value is -0.570. The van der Waals surface area contributed by atoms with Crippen LogP contribution in [0.1, 0.15) is 32.6 Å². The molecule has 0 radical (unpaired) electrons. The number of rotatable bonds is 1. The molecule has 0 aromatic rings. The van der Waals surface area contributed by atoms with E-state index < -0.39 is 0 Å². The van der Waals surface area contributed by atoms with Gasteiger partial charge < -0.3 is 10.2 Å². The molecule has 86 valence electrons. The van der Waals surface area contributed by atoms with Gasteiger partial charge in [0.15, 0.2) is 0 Å². The molecule has 3 nitrogen and oxygen atoms in total. The van der Waals surface area contributed by atoms with E-state index in [1.165, 1.54) is 38.8 Å². The molecule has 2 rings (SSSR count). The molecule has 1 amide bonds. The van der Waals surface area contributed by atoms with E-state index in [0.717, 1.165) is 24.9 Å². The fourth-order valence-corrected chi connectivity index (χ4v) is 3.11. The largest absolute Gasteiger partial charge is 0.346 e. The first-order valence-electron chi connectivity index (χ1n) is 6.34. The quantitative estimate of drug-likeness (QED) is 0.662. The van der Waals surface area contributed by atoms with Gasteiger partial charge in [-0.15, -0.1) is 0 Å². The predicted octanol–water partition coefficient (Wildman–Crippen LogP) is 0.218. The Kier molecular flexibility index (Phi) is 3.62. The first kappa shape index (κ1) is 10.9. The summed E-state index contributed by atoms with van der Waals surface area (Å²) < 4.78 is 0. The first-order chi connectivity index (χ1) is 7.27. The molecule has 3 heteroatoms. The second kappa shape index (κ2) is 4.97. The van der Waals surface area contributed by atoms with E-state index in [1.54, 1.807) is 6.92 Å². The lowest BCUT2D eigenvalue weighted by Gasteiger charge is -2.36. The van der Waals surface area contributed by atoms with Gasteiger partial charge >= 0.3 is 0 Å². The second-order valence-electron chi connectivity index (χ2n) is 5.05. The van der Waals surface area contributed by atoms with Crippen LogP contribution in [0.3, 0.4) is 0 Å². The Morgan fingerprint density at radius 3 is 2.13 bits per heavy atom. The highest BCUT2D eigenvalue weighted by molar-refractivity contribution is 5.73. The number of hydrogen-bond donors (Lipinski definition) is 1. The van der Waals surface area contributed by atoms with Crippen LogP contribution in [0.2, 0.25) is 0 Å². The minimum Gasteiger partial charge on any atom is -0.346 e. The summed E-state index contributed by atoms with van der Waals surface area (Å²) in [4.78, 5) is 13.2. The van der Waals surface area contributed by atoms with E-state index in [-0.39, 0.29) is 5.91 Å². The molecular formula is C12H23N2O+. The van der Waals surface area contributed by atoms with Gasteiger partial charge in [0.25, 0.3) is 0 Å². The second-order valence-corrected chi connectivity index (χ2v) is 5.05. The van der Waals surface area contributed by atoms with Gasteiger partial charge in [0.1, 0.15) is 0 Å².